The average Bonchev–Trinajstić information content (AvgIpc) is 2.18. The van der Waals surface area contributed by atoms with Crippen molar-refractivity contribution >= 4 is 6.29 Å². The number of carbonyl (C=O) groups excluding carboxylic acids is 1. The molecule has 0 saturated heterocycles. The first-order valence-corrected chi connectivity index (χ1v) is 4.74. The molecule has 0 spiro atoms. The molecule has 1 nitrogen and oxygen atoms in total. The molecule has 1 aromatic carbocycles. The Morgan fingerprint density at radius 3 is 2.38 bits per heavy atom. The van der Waals surface area contributed by atoms with E-state index in [2.05, 4.69) is 19.1 Å². The van der Waals surface area contributed by atoms with E-state index in [4.69, 9.17) is 0 Å². The van der Waals surface area contributed by atoms with Crippen molar-refractivity contribution < 1.29 is 4.79 Å². The van der Waals surface area contributed by atoms with Gasteiger partial charge in [0.05, 0.1) is 0 Å². The molecule has 0 aromatic heterocycles. The fourth-order valence-corrected chi connectivity index (χ4v) is 1.33. The molecule has 1 unspecified atom stereocenters. The molecular weight excluding hydrogens is 160 g/mol. The molecule has 0 amide bonds. The Bertz CT molecular complexity index is 261. The Kier molecular flexibility index (Phi) is 3.69. The predicted octanol–water partition coefficient (Wildman–Crippen LogP) is 2.85. The van der Waals surface area contributed by atoms with Crippen molar-refractivity contribution in [1.29, 1.82) is 0 Å². The molecule has 0 aliphatic rings. The summed E-state index contributed by atoms with van der Waals surface area (Å²) in [4.78, 5) is 10.4. The van der Waals surface area contributed by atoms with E-state index < -0.39 is 0 Å². The van der Waals surface area contributed by atoms with Crippen LogP contribution in [0.3, 0.4) is 0 Å². The summed E-state index contributed by atoms with van der Waals surface area (Å²) in [6, 6.07) is 8.21. The van der Waals surface area contributed by atoms with Crippen LogP contribution in [0.15, 0.2) is 24.3 Å². The molecule has 0 saturated carbocycles. The standard InChI is InChI=1S/C12H15O/c1-3-4-11-5-7-12(8-6-11)10(2)9-13/h5-8,10H,3-4H2,1-2H3. The summed E-state index contributed by atoms with van der Waals surface area (Å²) in [6.45, 7) is 4.03. The summed E-state index contributed by atoms with van der Waals surface area (Å²) in [6.07, 6.45) is 4.25. The first-order valence-electron chi connectivity index (χ1n) is 4.74. The van der Waals surface area contributed by atoms with Gasteiger partial charge < -0.3 is 0 Å². The lowest BCUT2D eigenvalue weighted by Crippen LogP contribution is -1.94. The second-order valence-electron chi connectivity index (χ2n) is 3.33. The summed E-state index contributed by atoms with van der Waals surface area (Å²) in [5, 5.41) is 0. The Labute approximate surface area is 79.8 Å². The van der Waals surface area contributed by atoms with Gasteiger partial charge in [-0.1, -0.05) is 44.5 Å². The van der Waals surface area contributed by atoms with Crippen LogP contribution in [0.5, 0.6) is 0 Å². The average molecular weight is 175 g/mol. The topological polar surface area (TPSA) is 17.1 Å². The van der Waals surface area contributed by atoms with Crippen molar-refractivity contribution in [3.8, 4) is 0 Å². The zero-order valence-electron chi connectivity index (χ0n) is 8.21. The van der Waals surface area contributed by atoms with Crippen LogP contribution in [-0.4, -0.2) is 6.29 Å². The second-order valence-corrected chi connectivity index (χ2v) is 3.33. The molecule has 0 N–H and O–H groups in total. The summed E-state index contributed by atoms with van der Waals surface area (Å²) in [5.74, 6) is -0.101. The van der Waals surface area contributed by atoms with Crippen LogP contribution in [-0.2, 0) is 11.2 Å². The Balaban J connectivity index is 2.74. The second kappa shape index (κ2) is 4.80. The van der Waals surface area contributed by atoms with Gasteiger partial charge in [0, 0.05) is 5.92 Å². The molecule has 1 atom stereocenters. The molecule has 0 fully saturated rings. The van der Waals surface area contributed by atoms with E-state index in [-0.39, 0.29) is 5.92 Å². The van der Waals surface area contributed by atoms with Crippen LogP contribution in [0, 0.1) is 0 Å². The minimum Gasteiger partial charge on any atom is -0.290 e. The molecule has 1 aromatic rings. The third-order valence-corrected chi connectivity index (χ3v) is 2.20. The summed E-state index contributed by atoms with van der Waals surface area (Å²) >= 11 is 0. The molecule has 13 heavy (non-hydrogen) atoms. The van der Waals surface area contributed by atoms with Crippen LogP contribution in [0.4, 0.5) is 0 Å². The molecule has 0 bridgehead atoms. The lowest BCUT2D eigenvalue weighted by atomic mass is 10.00. The molecule has 0 aliphatic heterocycles. The minimum atomic E-state index is -0.101. The van der Waals surface area contributed by atoms with E-state index in [1.807, 2.05) is 25.3 Å². The molecule has 0 heterocycles. The largest absolute Gasteiger partial charge is 0.290 e. The van der Waals surface area contributed by atoms with Crippen molar-refractivity contribution in [3.05, 3.63) is 35.4 Å². The number of aryl methyl sites for hydroxylation is 1. The van der Waals surface area contributed by atoms with E-state index in [0.29, 0.717) is 0 Å². The SMILES string of the molecule is CCCc1ccc(C(C)[C]=O)cc1. The quantitative estimate of drug-likeness (QED) is 0.687. The van der Waals surface area contributed by atoms with E-state index in [1.54, 1.807) is 0 Å². The van der Waals surface area contributed by atoms with Crippen molar-refractivity contribution in [3.63, 3.8) is 0 Å². The third-order valence-electron chi connectivity index (χ3n) is 2.20. The maximum Gasteiger partial charge on any atom is 0.206 e. The highest BCUT2D eigenvalue weighted by Gasteiger charge is 2.03. The highest BCUT2D eigenvalue weighted by atomic mass is 16.1. The zero-order chi connectivity index (χ0) is 9.68. The summed E-state index contributed by atoms with van der Waals surface area (Å²) < 4.78 is 0. The van der Waals surface area contributed by atoms with Crippen molar-refractivity contribution in [2.24, 2.45) is 0 Å². The minimum absolute atomic E-state index is 0.101. The van der Waals surface area contributed by atoms with Crippen LogP contribution in [0.2, 0.25) is 0 Å². The van der Waals surface area contributed by atoms with Gasteiger partial charge in [-0.3, -0.25) is 4.79 Å². The van der Waals surface area contributed by atoms with Gasteiger partial charge in [0.15, 0.2) is 0 Å². The van der Waals surface area contributed by atoms with Crippen LogP contribution >= 0.6 is 0 Å². The highest BCUT2D eigenvalue weighted by Crippen LogP contribution is 2.14. The maximum absolute atomic E-state index is 10.4. The Morgan fingerprint density at radius 1 is 1.31 bits per heavy atom. The lowest BCUT2D eigenvalue weighted by molar-refractivity contribution is 0.546. The van der Waals surface area contributed by atoms with Gasteiger partial charge in [0.1, 0.15) is 0 Å². The zero-order valence-corrected chi connectivity index (χ0v) is 8.21. The van der Waals surface area contributed by atoms with Crippen LogP contribution < -0.4 is 0 Å². The molecule has 69 valence electrons. The predicted molar refractivity (Wildman–Crippen MR) is 54.5 cm³/mol. The first-order chi connectivity index (χ1) is 6.27. The van der Waals surface area contributed by atoms with Gasteiger partial charge in [0.2, 0.25) is 6.29 Å². The molecular formula is C12H15O. The molecule has 1 radical (unpaired) electrons. The maximum atomic E-state index is 10.4. The smallest absolute Gasteiger partial charge is 0.206 e. The Morgan fingerprint density at radius 2 is 1.92 bits per heavy atom. The monoisotopic (exact) mass is 175 g/mol. The summed E-state index contributed by atoms with van der Waals surface area (Å²) in [7, 11) is 0. The molecule has 0 aliphatic carbocycles. The van der Waals surface area contributed by atoms with Gasteiger partial charge in [-0.05, 0) is 17.5 Å². The van der Waals surface area contributed by atoms with Gasteiger partial charge in [-0.25, -0.2) is 0 Å². The van der Waals surface area contributed by atoms with E-state index in [0.717, 1.165) is 18.4 Å². The third kappa shape index (κ3) is 2.69. The van der Waals surface area contributed by atoms with Crippen LogP contribution in [0.1, 0.15) is 37.3 Å². The van der Waals surface area contributed by atoms with E-state index in [9.17, 15) is 4.79 Å². The number of hydrogen-bond donors (Lipinski definition) is 0. The van der Waals surface area contributed by atoms with Crippen molar-refractivity contribution in [2.75, 3.05) is 0 Å². The summed E-state index contributed by atoms with van der Waals surface area (Å²) in [5.41, 5.74) is 2.39. The molecule has 1 heteroatoms. The molecule has 1 rings (SSSR count). The number of benzene rings is 1. The number of hydrogen-bond acceptors (Lipinski definition) is 1. The van der Waals surface area contributed by atoms with Gasteiger partial charge in [-0.2, -0.15) is 0 Å². The van der Waals surface area contributed by atoms with Crippen LogP contribution in [0.25, 0.3) is 0 Å². The highest BCUT2D eigenvalue weighted by molar-refractivity contribution is 5.62. The van der Waals surface area contributed by atoms with Crippen molar-refractivity contribution in [2.45, 2.75) is 32.6 Å². The fraction of sp³-hybridized carbons (Fsp3) is 0.417. The first kappa shape index (κ1) is 9.97. The lowest BCUT2D eigenvalue weighted by Gasteiger charge is -2.04. The normalized spacial score (nSPS) is 12.5. The van der Waals surface area contributed by atoms with E-state index in [1.165, 1.54) is 5.56 Å². The fourth-order valence-electron chi connectivity index (χ4n) is 1.33. The Hall–Kier alpha value is -1.11. The van der Waals surface area contributed by atoms with Gasteiger partial charge >= 0.3 is 0 Å². The van der Waals surface area contributed by atoms with Crippen molar-refractivity contribution in [1.82, 2.24) is 0 Å². The van der Waals surface area contributed by atoms with E-state index >= 15 is 0 Å². The van der Waals surface area contributed by atoms with Gasteiger partial charge in [-0.15, -0.1) is 0 Å². The van der Waals surface area contributed by atoms with Gasteiger partial charge in [0.25, 0.3) is 0 Å². The number of rotatable bonds is 4.